The van der Waals surface area contributed by atoms with Gasteiger partial charge in [-0.25, -0.2) is 8.42 Å². The third-order valence-corrected chi connectivity index (χ3v) is 4.78. The molecule has 0 aliphatic carbocycles. The summed E-state index contributed by atoms with van der Waals surface area (Å²) in [6.07, 6.45) is 0.925. The lowest BCUT2D eigenvalue weighted by Gasteiger charge is -2.22. The highest BCUT2D eigenvalue weighted by Gasteiger charge is 2.26. The van der Waals surface area contributed by atoms with Gasteiger partial charge in [0, 0.05) is 6.04 Å². The lowest BCUT2D eigenvalue weighted by molar-refractivity contribution is 0.234. The Morgan fingerprint density at radius 3 is 2.11 bits per heavy atom. The number of benzene rings is 1. The zero-order valence-electron chi connectivity index (χ0n) is 11.2. The van der Waals surface area contributed by atoms with E-state index in [-0.39, 0.29) is 16.9 Å². The highest BCUT2D eigenvalue weighted by molar-refractivity contribution is 7.91. The SMILES string of the molecule is CCC(NC)C(C)c1ccc(S(=O)(=O)C(F)F)cc1. The number of halogens is 2. The van der Waals surface area contributed by atoms with E-state index in [0.717, 1.165) is 12.0 Å². The summed E-state index contributed by atoms with van der Waals surface area (Å²) in [5.41, 5.74) is 0.925. The molecule has 108 valence electrons. The number of likely N-dealkylation sites (N-methyl/N-ethyl adjacent to an activating group) is 1. The quantitative estimate of drug-likeness (QED) is 0.876. The molecule has 0 heterocycles. The topological polar surface area (TPSA) is 46.2 Å². The van der Waals surface area contributed by atoms with Gasteiger partial charge in [0.1, 0.15) is 0 Å². The van der Waals surface area contributed by atoms with Crippen molar-refractivity contribution >= 4 is 9.84 Å². The minimum atomic E-state index is -4.50. The van der Waals surface area contributed by atoms with Gasteiger partial charge in [-0.15, -0.1) is 0 Å². The first-order valence-corrected chi connectivity index (χ1v) is 7.68. The molecule has 0 saturated heterocycles. The predicted molar refractivity (Wildman–Crippen MR) is 71.2 cm³/mol. The molecule has 0 aromatic heterocycles. The largest absolute Gasteiger partial charge is 0.341 e. The highest BCUT2D eigenvalue weighted by Crippen LogP contribution is 2.24. The molecule has 1 aromatic carbocycles. The molecular formula is C13H19F2NO2S. The van der Waals surface area contributed by atoms with Crippen LogP contribution >= 0.6 is 0 Å². The van der Waals surface area contributed by atoms with Crippen molar-refractivity contribution in [1.29, 1.82) is 0 Å². The van der Waals surface area contributed by atoms with Gasteiger partial charge in [-0.2, -0.15) is 8.78 Å². The van der Waals surface area contributed by atoms with Crippen LogP contribution in [0.4, 0.5) is 8.78 Å². The van der Waals surface area contributed by atoms with Crippen LogP contribution in [0.1, 0.15) is 31.7 Å². The van der Waals surface area contributed by atoms with Gasteiger partial charge in [0.25, 0.3) is 0 Å². The molecule has 0 bridgehead atoms. The van der Waals surface area contributed by atoms with Crippen LogP contribution in [-0.2, 0) is 9.84 Å². The second kappa shape index (κ2) is 6.43. The molecule has 2 atom stereocenters. The van der Waals surface area contributed by atoms with Crippen molar-refractivity contribution in [3.8, 4) is 0 Å². The Morgan fingerprint density at radius 2 is 1.74 bits per heavy atom. The standard InChI is InChI=1S/C13H19F2NO2S/c1-4-12(16-3)9(2)10-5-7-11(8-6-10)19(17,18)13(14)15/h5-9,12-13,16H,4H2,1-3H3. The Balaban J connectivity index is 3.00. The Bertz CT molecular complexity index is 496. The minimum absolute atomic E-state index is 0.179. The van der Waals surface area contributed by atoms with Gasteiger partial charge in [0.05, 0.1) is 4.90 Å². The number of rotatable bonds is 6. The maximum absolute atomic E-state index is 12.4. The molecule has 1 N–H and O–H groups in total. The monoisotopic (exact) mass is 291 g/mol. The second-order valence-electron chi connectivity index (χ2n) is 4.47. The number of nitrogens with one attached hydrogen (secondary N) is 1. The summed E-state index contributed by atoms with van der Waals surface area (Å²) in [4.78, 5) is -0.337. The van der Waals surface area contributed by atoms with Crippen LogP contribution in [0.25, 0.3) is 0 Å². The van der Waals surface area contributed by atoms with Crippen LogP contribution in [0.3, 0.4) is 0 Å². The van der Waals surface area contributed by atoms with Gasteiger partial charge in [0.2, 0.25) is 9.84 Å². The van der Waals surface area contributed by atoms with Gasteiger partial charge in [-0.1, -0.05) is 26.0 Å². The van der Waals surface area contributed by atoms with Crippen molar-refractivity contribution in [2.75, 3.05) is 7.05 Å². The van der Waals surface area contributed by atoms with Gasteiger partial charge in [0.15, 0.2) is 0 Å². The first-order chi connectivity index (χ1) is 8.84. The van der Waals surface area contributed by atoms with E-state index in [9.17, 15) is 17.2 Å². The third-order valence-electron chi connectivity index (χ3n) is 3.38. The molecule has 0 amide bonds. The zero-order chi connectivity index (χ0) is 14.6. The average molecular weight is 291 g/mol. The van der Waals surface area contributed by atoms with Crippen molar-refractivity contribution in [1.82, 2.24) is 5.32 Å². The average Bonchev–Trinajstić information content (AvgIpc) is 2.40. The fourth-order valence-electron chi connectivity index (χ4n) is 2.10. The highest BCUT2D eigenvalue weighted by atomic mass is 32.2. The molecule has 0 saturated carbocycles. The third kappa shape index (κ3) is 3.51. The summed E-state index contributed by atoms with van der Waals surface area (Å²) in [5.74, 6) is -3.20. The summed E-state index contributed by atoms with van der Waals surface area (Å²) in [6, 6.07) is 5.95. The predicted octanol–water partition coefficient (Wildman–Crippen LogP) is 2.78. The van der Waals surface area contributed by atoms with Crippen LogP contribution < -0.4 is 5.32 Å². The lowest BCUT2D eigenvalue weighted by atomic mass is 9.92. The van der Waals surface area contributed by atoms with Crippen LogP contribution in [0.15, 0.2) is 29.2 Å². The molecule has 19 heavy (non-hydrogen) atoms. The van der Waals surface area contributed by atoms with E-state index in [4.69, 9.17) is 0 Å². The van der Waals surface area contributed by atoms with E-state index in [2.05, 4.69) is 5.32 Å². The zero-order valence-corrected chi connectivity index (χ0v) is 12.0. The molecule has 3 nitrogen and oxygen atoms in total. The molecule has 0 radical (unpaired) electrons. The minimum Gasteiger partial charge on any atom is -0.316 e. The lowest BCUT2D eigenvalue weighted by Crippen LogP contribution is -2.29. The molecule has 1 rings (SSSR count). The van der Waals surface area contributed by atoms with E-state index in [0.29, 0.717) is 0 Å². The Labute approximate surface area is 112 Å². The Kier molecular flexibility index (Phi) is 5.43. The molecule has 0 aliphatic heterocycles. The van der Waals surface area contributed by atoms with Crippen LogP contribution in [0.5, 0.6) is 0 Å². The summed E-state index contributed by atoms with van der Waals surface area (Å²) in [6.45, 7) is 4.06. The number of alkyl halides is 2. The first-order valence-electron chi connectivity index (χ1n) is 6.13. The molecular weight excluding hydrogens is 272 g/mol. The number of sulfone groups is 1. The maximum Gasteiger partial charge on any atom is 0.341 e. The van der Waals surface area contributed by atoms with Gasteiger partial charge >= 0.3 is 5.76 Å². The number of hydrogen-bond donors (Lipinski definition) is 1. The van der Waals surface area contributed by atoms with Gasteiger partial charge < -0.3 is 5.32 Å². The molecule has 6 heteroatoms. The Hall–Kier alpha value is -1.01. The fourth-order valence-corrected chi connectivity index (χ4v) is 2.83. The summed E-state index contributed by atoms with van der Waals surface area (Å²) in [5, 5.41) is 3.17. The van der Waals surface area contributed by atoms with E-state index in [1.807, 2.05) is 20.9 Å². The molecule has 0 spiro atoms. The van der Waals surface area contributed by atoms with Crippen molar-refractivity contribution in [2.45, 2.75) is 42.9 Å². The normalized spacial score (nSPS) is 15.5. The van der Waals surface area contributed by atoms with Gasteiger partial charge in [-0.3, -0.25) is 0 Å². The smallest absolute Gasteiger partial charge is 0.316 e. The summed E-state index contributed by atoms with van der Waals surface area (Å²) < 4.78 is 47.4. The first kappa shape index (κ1) is 16.0. The Morgan fingerprint density at radius 1 is 1.21 bits per heavy atom. The molecule has 2 unspecified atom stereocenters. The summed E-state index contributed by atoms with van der Waals surface area (Å²) in [7, 11) is -2.64. The number of hydrogen-bond acceptors (Lipinski definition) is 3. The van der Waals surface area contributed by atoms with Crippen LogP contribution in [-0.4, -0.2) is 27.3 Å². The van der Waals surface area contributed by atoms with E-state index in [1.54, 1.807) is 12.1 Å². The second-order valence-corrected chi connectivity index (χ2v) is 6.38. The molecule has 0 aliphatic rings. The van der Waals surface area contributed by atoms with Crippen LogP contribution in [0, 0.1) is 0 Å². The summed E-state index contributed by atoms with van der Waals surface area (Å²) >= 11 is 0. The van der Waals surface area contributed by atoms with Crippen molar-refractivity contribution < 1.29 is 17.2 Å². The van der Waals surface area contributed by atoms with E-state index >= 15 is 0 Å². The maximum atomic E-state index is 12.4. The van der Waals surface area contributed by atoms with Gasteiger partial charge in [-0.05, 0) is 37.1 Å². The molecule has 1 aromatic rings. The van der Waals surface area contributed by atoms with Crippen molar-refractivity contribution in [2.24, 2.45) is 0 Å². The fraction of sp³-hybridized carbons (Fsp3) is 0.538. The van der Waals surface area contributed by atoms with Crippen molar-refractivity contribution in [3.63, 3.8) is 0 Å². The van der Waals surface area contributed by atoms with Crippen LogP contribution in [0.2, 0.25) is 0 Å². The van der Waals surface area contributed by atoms with Crippen molar-refractivity contribution in [3.05, 3.63) is 29.8 Å². The van der Waals surface area contributed by atoms with E-state index < -0.39 is 15.6 Å². The van der Waals surface area contributed by atoms with E-state index in [1.165, 1.54) is 12.1 Å². The molecule has 0 fully saturated rings.